The van der Waals surface area contributed by atoms with E-state index in [9.17, 15) is 4.79 Å². The number of thioether (sulfide) groups is 1. The minimum absolute atomic E-state index is 0.0521. The number of piperidine rings is 1. The predicted octanol–water partition coefficient (Wildman–Crippen LogP) is 5.28. The van der Waals surface area contributed by atoms with Crippen LogP contribution in [0.25, 0.3) is 5.69 Å². The molecular weight excluding hydrogens is 430 g/mol. The molecule has 1 aliphatic rings. The van der Waals surface area contributed by atoms with Gasteiger partial charge in [-0.15, -0.1) is 10.2 Å². The summed E-state index contributed by atoms with van der Waals surface area (Å²) in [6.45, 7) is 9.51. The highest BCUT2D eigenvalue weighted by atomic mass is 32.2. The average molecular weight is 464 g/mol. The van der Waals surface area contributed by atoms with Gasteiger partial charge >= 0.3 is 0 Å². The van der Waals surface area contributed by atoms with E-state index in [2.05, 4.69) is 70.0 Å². The second-order valence-electron chi connectivity index (χ2n) is 9.57. The minimum Gasteiger partial charge on any atom is -0.325 e. The van der Waals surface area contributed by atoms with Gasteiger partial charge in [0.1, 0.15) is 0 Å². The molecule has 3 aromatic rings. The maximum atomic E-state index is 12.6. The zero-order valence-electron chi connectivity index (χ0n) is 19.8. The molecule has 0 unspecified atom stereocenters. The van der Waals surface area contributed by atoms with Crippen molar-refractivity contribution in [3.63, 3.8) is 0 Å². The van der Waals surface area contributed by atoms with Crippen molar-refractivity contribution in [2.24, 2.45) is 0 Å². The standard InChI is InChI=1S/C26H33N5OS/c1-26(2,3)20-12-14-21(15-13-20)27-24(32)19-33-25-29-28-23(18-30-16-8-5-9-17-30)31(25)22-10-6-4-7-11-22/h4,6-7,10-15H,5,8-9,16-19H2,1-3H3,(H,27,32). The first-order chi connectivity index (χ1) is 15.9. The lowest BCUT2D eigenvalue weighted by Gasteiger charge is -2.26. The number of carbonyl (C=O) groups is 1. The number of nitrogens with one attached hydrogen (secondary N) is 1. The minimum atomic E-state index is -0.0521. The van der Waals surface area contributed by atoms with Crippen LogP contribution in [0.15, 0.2) is 59.8 Å². The molecule has 33 heavy (non-hydrogen) atoms. The molecule has 2 heterocycles. The summed E-state index contributed by atoms with van der Waals surface area (Å²) in [6, 6.07) is 18.2. The molecule has 174 valence electrons. The molecule has 1 aliphatic heterocycles. The van der Waals surface area contributed by atoms with Gasteiger partial charge in [0.05, 0.1) is 12.3 Å². The van der Waals surface area contributed by atoms with Gasteiger partial charge in [-0.2, -0.15) is 0 Å². The third kappa shape index (κ3) is 6.24. The van der Waals surface area contributed by atoms with E-state index in [4.69, 9.17) is 0 Å². The van der Waals surface area contributed by atoms with Gasteiger partial charge in [0, 0.05) is 11.4 Å². The van der Waals surface area contributed by atoms with E-state index in [0.717, 1.165) is 42.0 Å². The number of aromatic nitrogens is 3. The highest BCUT2D eigenvalue weighted by Crippen LogP contribution is 2.25. The Morgan fingerprint density at radius 2 is 1.67 bits per heavy atom. The highest BCUT2D eigenvalue weighted by molar-refractivity contribution is 7.99. The second-order valence-corrected chi connectivity index (χ2v) is 10.5. The van der Waals surface area contributed by atoms with Crippen LogP contribution in [0.1, 0.15) is 51.4 Å². The number of para-hydroxylation sites is 1. The molecule has 7 heteroatoms. The average Bonchev–Trinajstić information content (AvgIpc) is 3.21. The summed E-state index contributed by atoms with van der Waals surface area (Å²) >= 11 is 1.42. The number of nitrogens with zero attached hydrogens (tertiary/aromatic N) is 4. The van der Waals surface area contributed by atoms with Crippen molar-refractivity contribution in [3.8, 4) is 5.69 Å². The van der Waals surface area contributed by atoms with Crippen molar-refractivity contribution in [3.05, 3.63) is 66.0 Å². The van der Waals surface area contributed by atoms with Crippen LogP contribution in [0, 0.1) is 0 Å². The Kier molecular flexibility index (Phi) is 7.50. The first-order valence-corrected chi connectivity index (χ1v) is 12.6. The van der Waals surface area contributed by atoms with Crippen molar-refractivity contribution in [2.75, 3.05) is 24.2 Å². The number of hydrogen-bond donors (Lipinski definition) is 1. The molecule has 4 rings (SSSR count). The summed E-state index contributed by atoms with van der Waals surface area (Å²) in [4.78, 5) is 15.1. The van der Waals surface area contributed by atoms with Gasteiger partial charge in [0.25, 0.3) is 0 Å². The first-order valence-electron chi connectivity index (χ1n) is 11.7. The third-order valence-corrected chi connectivity index (χ3v) is 6.82. The lowest BCUT2D eigenvalue weighted by Crippen LogP contribution is -2.30. The molecule has 0 atom stereocenters. The number of rotatable bonds is 7. The Balaban J connectivity index is 1.44. The van der Waals surface area contributed by atoms with E-state index in [-0.39, 0.29) is 17.1 Å². The van der Waals surface area contributed by atoms with Crippen molar-refractivity contribution in [2.45, 2.75) is 57.1 Å². The number of likely N-dealkylation sites (tertiary alicyclic amines) is 1. The summed E-state index contributed by atoms with van der Waals surface area (Å²) < 4.78 is 2.09. The molecule has 0 aliphatic carbocycles. The molecule has 1 saturated heterocycles. The first kappa shape index (κ1) is 23.5. The third-order valence-electron chi connectivity index (χ3n) is 5.90. The molecule has 1 N–H and O–H groups in total. The SMILES string of the molecule is CC(C)(C)c1ccc(NC(=O)CSc2nnc(CN3CCCCC3)n2-c2ccccc2)cc1. The molecule has 1 fully saturated rings. The fourth-order valence-electron chi connectivity index (χ4n) is 4.03. The normalized spacial score (nSPS) is 14.9. The summed E-state index contributed by atoms with van der Waals surface area (Å²) in [5.74, 6) is 1.14. The lowest BCUT2D eigenvalue weighted by molar-refractivity contribution is -0.113. The predicted molar refractivity (Wildman–Crippen MR) is 135 cm³/mol. The van der Waals surface area contributed by atoms with Gasteiger partial charge < -0.3 is 5.32 Å². The Labute approximate surface area is 200 Å². The van der Waals surface area contributed by atoms with Crippen LogP contribution < -0.4 is 5.32 Å². The van der Waals surface area contributed by atoms with E-state index in [1.54, 1.807) is 0 Å². The van der Waals surface area contributed by atoms with Crippen molar-refractivity contribution in [1.29, 1.82) is 0 Å². The van der Waals surface area contributed by atoms with Gasteiger partial charge in [-0.05, 0) is 61.2 Å². The van der Waals surface area contributed by atoms with E-state index in [1.807, 2.05) is 30.3 Å². The molecular formula is C26H33N5OS. The largest absolute Gasteiger partial charge is 0.325 e. The Morgan fingerprint density at radius 1 is 0.970 bits per heavy atom. The quantitative estimate of drug-likeness (QED) is 0.483. The van der Waals surface area contributed by atoms with Crippen LogP contribution in [-0.4, -0.2) is 44.4 Å². The second kappa shape index (κ2) is 10.5. The van der Waals surface area contributed by atoms with E-state index < -0.39 is 0 Å². The maximum absolute atomic E-state index is 12.6. The van der Waals surface area contributed by atoms with Crippen LogP contribution >= 0.6 is 11.8 Å². The van der Waals surface area contributed by atoms with Crippen LogP contribution in [0.3, 0.4) is 0 Å². The number of amides is 1. The summed E-state index contributed by atoms with van der Waals surface area (Å²) in [5, 5.41) is 12.7. The molecule has 0 radical (unpaired) electrons. The van der Waals surface area contributed by atoms with Gasteiger partial charge in [-0.25, -0.2) is 0 Å². The van der Waals surface area contributed by atoms with Crippen molar-refractivity contribution >= 4 is 23.4 Å². The van der Waals surface area contributed by atoms with Crippen molar-refractivity contribution < 1.29 is 4.79 Å². The Bertz CT molecular complexity index is 1050. The zero-order valence-corrected chi connectivity index (χ0v) is 20.6. The summed E-state index contributed by atoms with van der Waals surface area (Å²) in [7, 11) is 0. The molecule has 0 spiro atoms. The van der Waals surface area contributed by atoms with E-state index >= 15 is 0 Å². The van der Waals surface area contributed by atoms with Crippen LogP contribution in [0.2, 0.25) is 0 Å². The van der Waals surface area contributed by atoms with Crippen LogP contribution in [-0.2, 0) is 16.8 Å². The zero-order chi connectivity index (χ0) is 23.3. The monoisotopic (exact) mass is 463 g/mol. The number of carbonyl (C=O) groups excluding carboxylic acids is 1. The molecule has 0 bridgehead atoms. The Morgan fingerprint density at radius 3 is 2.33 bits per heavy atom. The van der Waals surface area contributed by atoms with Crippen LogP contribution in [0.5, 0.6) is 0 Å². The molecule has 1 aromatic heterocycles. The maximum Gasteiger partial charge on any atom is 0.234 e. The van der Waals surface area contributed by atoms with Crippen LogP contribution in [0.4, 0.5) is 5.69 Å². The topological polar surface area (TPSA) is 63.1 Å². The number of hydrogen-bond acceptors (Lipinski definition) is 5. The summed E-state index contributed by atoms with van der Waals surface area (Å²) in [5.41, 5.74) is 3.16. The fraction of sp³-hybridized carbons (Fsp3) is 0.423. The van der Waals surface area contributed by atoms with Gasteiger partial charge in [-0.1, -0.05) is 69.3 Å². The fourth-order valence-corrected chi connectivity index (χ4v) is 4.80. The van der Waals surface area contributed by atoms with Crippen molar-refractivity contribution in [1.82, 2.24) is 19.7 Å². The van der Waals surface area contributed by atoms with Gasteiger partial charge in [0.15, 0.2) is 11.0 Å². The highest BCUT2D eigenvalue weighted by Gasteiger charge is 2.19. The smallest absolute Gasteiger partial charge is 0.234 e. The molecule has 1 amide bonds. The molecule has 6 nitrogen and oxygen atoms in total. The Hall–Kier alpha value is -2.64. The molecule has 0 saturated carbocycles. The summed E-state index contributed by atoms with van der Waals surface area (Å²) in [6.07, 6.45) is 3.77. The van der Waals surface area contributed by atoms with E-state index in [1.165, 1.54) is 36.6 Å². The lowest BCUT2D eigenvalue weighted by atomic mass is 9.87. The number of benzene rings is 2. The van der Waals surface area contributed by atoms with Gasteiger partial charge in [-0.3, -0.25) is 14.3 Å². The van der Waals surface area contributed by atoms with E-state index in [0.29, 0.717) is 0 Å². The molecule has 2 aromatic carbocycles. The number of anilines is 1. The van der Waals surface area contributed by atoms with Gasteiger partial charge in [0.2, 0.25) is 5.91 Å².